The highest BCUT2D eigenvalue weighted by Gasteiger charge is 2.53. The van der Waals surface area contributed by atoms with Crippen molar-refractivity contribution in [1.29, 1.82) is 0 Å². The SMILES string of the molecule is COc1cccc(CN)c1N1CC2(CC2)C1. The average Bonchev–Trinajstić information content (AvgIpc) is 3.06. The van der Waals surface area contributed by atoms with E-state index in [-0.39, 0.29) is 0 Å². The lowest BCUT2D eigenvalue weighted by molar-refractivity contribution is 0.370. The van der Waals surface area contributed by atoms with Crippen LogP contribution in [0, 0.1) is 5.41 Å². The first-order chi connectivity index (χ1) is 7.78. The smallest absolute Gasteiger partial charge is 0.142 e. The first-order valence-corrected chi connectivity index (χ1v) is 5.89. The number of nitrogens with two attached hydrogens (primary N) is 1. The third-order valence-corrected chi connectivity index (χ3v) is 3.85. The van der Waals surface area contributed by atoms with Gasteiger partial charge in [0.25, 0.3) is 0 Å². The van der Waals surface area contributed by atoms with Gasteiger partial charge in [-0.05, 0) is 24.5 Å². The van der Waals surface area contributed by atoms with E-state index in [9.17, 15) is 0 Å². The number of anilines is 1. The topological polar surface area (TPSA) is 38.5 Å². The molecule has 0 aromatic heterocycles. The molecule has 0 bridgehead atoms. The molecule has 3 heteroatoms. The van der Waals surface area contributed by atoms with Gasteiger partial charge in [0.15, 0.2) is 0 Å². The summed E-state index contributed by atoms with van der Waals surface area (Å²) in [4.78, 5) is 2.41. The Bertz CT molecular complexity index is 382. The molecule has 0 unspecified atom stereocenters. The van der Waals surface area contributed by atoms with Crippen LogP contribution in [0.15, 0.2) is 18.2 Å². The molecule has 3 rings (SSSR count). The van der Waals surface area contributed by atoms with Crippen LogP contribution in [0.4, 0.5) is 5.69 Å². The Morgan fingerprint density at radius 3 is 2.69 bits per heavy atom. The number of methoxy groups -OCH3 is 1. The second-order valence-corrected chi connectivity index (χ2v) is 5.03. The zero-order chi connectivity index (χ0) is 11.2. The maximum atomic E-state index is 5.79. The second-order valence-electron chi connectivity index (χ2n) is 5.03. The van der Waals surface area contributed by atoms with Crippen LogP contribution < -0.4 is 15.4 Å². The van der Waals surface area contributed by atoms with Crippen LogP contribution in [0.1, 0.15) is 18.4 Å². The third-order valence-electron chi connectivity index (χ3n) is 3.85. The number of hydrogen-bond donors (Lipinski definition) is 1. The molecule has 1 aromatic carbocycles. The summed E-state index contributed by atoms with van der Waals surface area (Å²) in [7, 11) is 1.73. The molecular weight excluding hydrogens is 200 g/mol. The van der Waals surface area contributed by atoms with Gasteiger partial charge in [0.2, 0.25) is 0 Å². The molecule has 1 heterocycles. The molecule has 2 N–H and O–H groups in total. The standard InChI is InChI=1S/C13H18N2O/c1-16-11-4-2-3-10(7-14)12(11)15-8-13(9-15)5-6-13/h2-4H,5-9,14H2,1H3. The first-order valence-electron chi connectivity index (χ1n) is 5.89. The number of ether oxygens (including phenoxy) is 1. The summed E-state index contributed by atoms with van der Waals surface area (Å²) in [5, 5.41) is 0. The Morgan fingerprint density at radius 1 is 1.38 bits per heavy atom. The van der Waals surface area contributed by atoms with Crippen LogP contribution in [0.5, 0.6) is 5.75 Å². The first kappa shape index (κ1) is 9.97. The van der Waals surface area contributed by atoms with Crippen molar-refractivity contribution in [3.8, 4) is 5.75 Å². The molecule has 86 valence electrons. The van der Waals surface area contributed by atoms with Crippen molar-refractivity contribution in [1.82, 2.24) is 0 Å². The summed E-state index contributed by atoms with van der Waals surface area (Å²) >= 11 is 0. The zero-order valence-corrected chi connectivity index (χ0v) is 9.70. The van der Waals surface area contributed by atoms with Crippen LogP contribution in [0.25, 0.3) is 0 Å². The van der Waals surface area contributed by atoms with E-state index >= 15 is 0 Å². The normalized spacial score (nSPS) is 20.8. The summed E-state index contributed by atoms with van der Waals surface area (Å²) in [6.07, 6.45) is 2.80. The van der Waals surface area contributed by atoms with Gasteiger partial charge in [0.1, 0.15) is 5.75 Å². The lowest BCUT2D eigenvalue weighted by Gasteiger charge is -2.43. The molecular formula is C13H18N2O. The molecule has 1 aromatic rings. The molecule has 2 aliphatic rings. The van der Waals surface area contributed by atoms with Crippen molar-refractivity contribution < 1.29 is 4.74 Å². The summed E-state index contributed by atoms with van der Waals surface area (Å²) in [6.45, 7) is 2.94. The zero-order valence-electron chi connectivity index (χ0n) is 9.70. The Kier molecular flexibility index (Phi) is 2.11. The molecule has 3 nitrogen and oxygen atoms in total. The predicted molar refractivity (Wildman–Crippen MR) is 64.8 cm³/mol. The van der Waals surface area contributed by atoms with Gasteiger partial charge in [-0.3, -0.25) is 0 Å². The van der Waals surface area contributed by atoms with E-state index in [0.717, 1.165) is 5.75 Å². The molecule has 0 amide bonds. The van der Waals surface area contributed by atoms with E-state index in [1.165, 1.54) is 37.2 Å². The number of hydrogen-bond acceptors (Lipinski definition) is 3. The molecule has 0 atom stereocenters. The van der Waals surface area contributed by atoms with Gasteiger partial charge < -0.3 is 15.4 Å². The number of para-hydroxylation sites is 1. The highest BCUT2D eigenvalue weighted by molar-refractivity contribution is 5.66. The number of benzene rings is 1. The van der Waals surface area contributed by atoms with Crippen LogP contribution in [-0.4, -0.2) is 20.2 Å². The molecule has 1 saturated carbocycles. The fourth-order valence-electron chi connectivity index (χ4n) is 2.67. The Balaban J connectivity index is 1.91. The van der Waals surface area contributed by atoms with Gasteiger partial charge in [-0.25, -0.2) is 0 Å². The Hall–Kier alpha value is -1.22. The molecule has 0 radical (unpaired) electrons. The van der Waals surface area contributed by atoms with E-state index in [1.807, 2.05) is 12.1 Å². The second kappa shape index (κ2) is 3.39. The highest BCUT2D eigenvalue weighted by Crippen LogP contribution is 2.55. The van der Waals surface area contributed by atoms with Gasteiger partial charge in [-0.2, -0.15) is 0 Å². The van der Waals surface area contributed by atoms with Gasteiger partial charge in [0.05, 0.1) is 12.8 Å². The lowest BCUT2D eigenvalue weighted by Crippen LogP contribution is -2.49. The van der Waals surface area contributed by atoms with Crippen molar-refractivity contribution in [3.63, 3.8) is 0 Å². The van der Waals surface area contributed by atoms with Gasteiger partial charge in [-0.1, -0.05) is 12.1 Å². The number of nitrogens with zero attached hydrogens (tertiary/aromatic N) is 1. The van der Waals surface area contributed by atoms with Crippen LogP contribution in [-0.2, 0) is 6.54 Å². The molecule has 1 saturated heterocycles. The van der Waals surface area contributed by atoms with Crippen molar-refractivity contribution >= 4 is 5.69 Å². The van der Waals surface area contributed by atoms with Crippen molar-refractivity contribution in [2.75, 3.05) is 25.1 Å². The summed E-state index contributed by atoms with van der Waals surface area (Å²) < 4.78 is 5.44. The van der Waals surface area contributed by atoms with Gasteiger partial charge in [-0.15, -0.1) is 0 Å². The van der Waals surface area contributed by atoms with Crippen molar-refractivity contribution in [3.05, 3.63) is 23.8 Å². The largest absolute Gasteiger partial charge is 0.495 e. The maximum Gasteiger partial charge on any atom is 0.142 e. The highest BCUT2D eigenvalue weighted by atomic mass is 16.5. The van der Waals surface area contributed by atoms with E-state index in [2.05, 4.69) is 11.0 Å². The monoisotopic (exact) mass is 218 g/mol. The van der Waals surface area contributed by atoms with Crippen LogP contribution in [0.3, 0.4) is 0 Å². The maximum absolute atomic E-state index is 5.79. The quantitative estimate of drug-likeness (QED) is 0.840. The minimum Gasteiger partial charge on any atom is -0.495 e. The van der Waals surface area contributed by atoms with E-state index in [1.54, 1.807) is 7.11 Å². The molecule has 1 aliphatic carbocycles. The fourth-order valence-corrected chi connectivity index (χ4v) is 2.67. The summed E-state index contributed by atoms with van der Waals surface area (Å²) in [5.74, 6) is 0.957. The van der Waals surface area contributed by atoms with Crippen LogP contribution >= 0.6 is 0 Å². The fraction of sp³-hybridized carbons (Fsp3) is 0.538. The van der Waals surface area contributed by atoms with E-state index < -0.39 is 0 Å². The van der Waals surface area contributed by atoms with Crippen LogP contribution in [0.2, 0.25) is 0 Å². The summed E-state index contributed by atoms with van der Waals surface area (Å²) in [5.41, 5.74) is 8.85. The van der Waals surface area contributed by atoms with E-state index in [0.29, 0.717) is 12.0 Å². The molecule has 1 aliphatic heterocycles. The Morgan fingerprint density at radius 2 is 2.12 bits per heavy atom. The number of rotatable bonds is 3. The van der Waals surface area contributed by atoms with E-state index in [4.69, 9.17) is 10.5 Å². The van der Waals surface area contributed by atoms with Crippen molar-refractivity contribution in [2.24, 2.45) is 11.1 Å². The molecule has 1 spiro atoms. The molecule has 2 fully saturated rings. The minimum absolute atomic E-state index is 0.579. The van der Waals surface area contributed by atoms with Gasteiger partial charge in [0, 0.05) is 25.0 Å². The summed E-state index contributed by atoms with van der Waals surface area (Å²) in [6, 6.07) is 6.12. The van der Waals surface area contributed by atoms with Crippen molar-refractivity contribution in [2.45, 2.75) is 19.4 Å². The molecule has 16 heavy (non-hydrogen) atoms. The lowest BCUT2D eigenvalue weighted by atomic mass is 9.94. The van der Waals surface area contributed by atoms with Gasteiger partial charge >= 0.3 is 0 Å². The predicted octanol–water partition coefficient (Wildman–Crippen LogP) is 1.75. The third kappa shape index (κ3) is 1.39. The Labute approximate surface area is 96.2 Å². The minimum atomic E-state index is 0.579. The average molecular weight is 218 g/mol.